The standard InChI is InChI=1S/C15H18O2/c1-15(2)9-8-12(16)14(15)13(17)10-11-6-4-3-5-7-11/h3-7,14H,8-10H2,1-2H3. The minimum Gasteiger partial charge on any atom is -0.299 e. The van der Waals surface area contributed by atoms with E-state index in [2.05, 4.69) is 0 Å². The van der Waals surface area contributed by atoms with Crippen LogP contribution < -0.4 is 0 Å². The Bertz CT molecular complexity index is 431. The number of rotatable bonds is 3. The zero-order chi connectivity index (χ0) is 12.5. The molecule has 0 amide bonds. The summed E-state index contributed by atoms with van der Waals surface area (Å²) in [4.78, 5) is 24.0. The Morgan fingerprint density at radius 1 is 1.29 bits per heavy atom. The van der Waals surface area contributed by atoms with Gasteiger partial charge in [0.2, 0.25) is 0 Å². The molecule has 0 aliphatic heterocycles. The Labute approximate surface area is 102 Å². The Hall–Kier alpha value is -1.44. The maximum atomic E-state index is 12.2. The van der Waals surface area contributed by atoms with Crippen LogP contribution in [-0.2, 0) is 16.0 Å². The van der Waals surface area contributed by atoms with Crippen LogP contribution in [0.15, 0.2) is 30.3 Å². The summed E-state index contributed by atoms with van der Waals surface area (Å²) in [6.45, 7) is 4.04. The third kappa shape index (κ3) is 2.46. The van der Waals surface area contributed by atoms with E-state index in [4.69, 9.17) is 0 Å². The zero-order valence-corrected chi connectivity index (χ0v) is 10.4. The van der Waals surface area contributed by atoms with Crippen molar-refractivity contribution >= 4 is 11.6 Å². The van der Waals surface area contributed by atoms with Crippen molar-refractivity contribution in [2.45, 2.75) is 33.1 Å². The van der Waals surface area contributed by atoms with Crippen molar-refractivity contribution in [3.05, 3.63) is 35.9 Å². The van der Waals surface area contributed by atoms with E-state index in [0.717, 1.165) is 12.0 Å². The number of ketones is 2. The number of carbonyl (C=O) groups excluding carboxylic acids is 2. The number of Topliss-reactive ketones (excluding diaryl/α,β-unsaturated/α-hetero) is 2. The minimum atomic E-state index is -0.400. The fraction of sp³-hybridized carbons (Fsp3) is 0.467. The highest BCUT2D eigenvalue weighted by Gasteiger charge is 2.44. The highest BCUT2D eigenvalue weighted by Crippen LogP contribution is 2.41. The van der Waals surface area contributed by atoms with E-state index in [1.54, 1.807) is 0 Å². The first-order valence-electron chi connectivity index (χ1n) is 6.10. The summed E-state index contributed by atoms with van der Waals surface area (Å²) in [6, 6.07) is 9.64. The van der Waals surface area contributed by atoms with Crippen molar-refractivity contribution in [2.24, 2.45) is 11.3 Å². The molecule has 1 fully saturated rings. The second-order valence-corrected chi connectivity index (χ2v) is 5.52. The maximum Gasteiger partial charge on any atom is 0.148 e. The Kier molecular flexibility index (Phi) is 3.14. The molecule has 1 aromatic carbocycles. The predicted molar refractivity (Wildman–Crippen MR) is 66.7 cm³/mol. The highest BCUT2D eigenvalue weighted by atomic mass is 16.2. The second-order valence-electron chi connectivity index (χ2n) is 5.52. The molecule has 1 aromatic rings. The Morgan fingerprint density at radius 2 is 1.94 bits per heavy atom. The lowest BCUT2D eigenvalue weighted by molar-refractivity contribution is -0.133. The lowest BCUT2D eigenvalue weighted by Gasteiger charge is -2.24. The van der Waals surface area contributed by atoms with E-state index in [-0.39, 0.29) is 17.0 Å². The van der Waals surface area contributed by atoms with Gasteiger partial charge >= 0.3 is 0 Å². The van der Waals surface area contributed by atoms with Crippen LogP contribution in [0.5, 0.6) is 0 Å². The lowest BCUT2D eigenvalue weighted by atomic mass is 9.78. The second kappa shape index (κ2) is 4.44. The molecule has 0 saturated heterocycles. The molecule has 2 rings (SSSR count). The molecule has 17 heavy (non-hydrogen) atoms. The summed E-state index contributed by atoms with van der Waals surface area (Å²) in [7, 11) is 0. The van der Waals surface area contributed by atoms with E-state index in [1.807, 2.05) is 44.2 Å². The first-order valence-corrected chi connectivity index (χ1v) is 6.10. The summed E-state index contributed by atoms with van der Waals surface area (Å²) < 4.78 is 0. The molecule has 1 aliphatic rings. The Morgan fingerprint density at radius 3 is 2.47 bits per heavy atom. The van der Waals surface area contributed by atoms with Gasteiger partial charge < -0.3 is 0 Å². The molecule has 2 heteroatoms. The molecule has 90 valence electrons. The smallest absolute Gasteiger partial charge is 0.148 e. The molecular formula is C15H18O2. The largest absolute Gasteiger partial charge is 0.299 e. The molecule has 2 nitrogen and oxygen atoms in total. The van der Waals surface area contributed by atoms with E-state index in [1.165, 1.54) is 0 Å². The van der Waals surface area contributed by atoms with Gasteiger partial charge in [-0.05, 0) is 17.4 Å². The van der Waals surface area contributed by atoms with Crippen LogP contribution in [0.4, 0.5) is 0 Å². The number of hydrogen-bond acceptors (Lipinski definition) is 2. The molecule has 1 aliphatic carbocycles. The Balaban J connectivity index is 2.13. The fourth-order valence-electron chi connectivity index (χ4n) is 2.68. The van der Waals surface area contributed by atoms with Crippen molar-refractivity contribution in [3.8, 4) is 0 Å². The average Bonchev–Trinajstić information content (AvgIpc) is 2.54. The van der Waals surface area contributed by atoms with Gasteiger partial charge in [-0.25, -0.2) is 0 Å². The van der Waals surface area contributed by atoms with E-state index >= 15 is 0 Å². The molecule has 1 atom stereocenters. The van der Waals surface area contributed by atoms with Gasteiger partial charge in [-0.15, -0.1) is 0 Å². The molecule has 0 heterocycles. The van der Waals surface area contributed by atoms with Gasteiger partial charge in [-0.2, -0.15) is 0 Å². The van der Waals surface area contributed by atoms with Crippen molar-refractivity contribution in [2.75, 3.05) is 0 Å². The summed E-state index contributed by atoms with van der Waals surface area (Å²) >= 11 is 0. The predicted octanol–water partition coefficient (Wildman–Crippen LogP) is 2.80. The zero-order valence-electron chi connectivity index (χ0n) is 10.4. The van der Waals surface area contributed by atoms with Crippen LogP contribution in [0.3, 0.4) is 0 Å². The van der Waals surface area contributed by atoms with E-state index < -0.39 is 5.92 Å². The lowest BCUT2D eigenvalue weighted by Crippen LogP contribution is -2.31. The van der Waals surface area contributed by atoms with Gasteiger partial charge in [0, 0.05) is 12.8 Å². The van der Waals surface area contributed by atoms with Gasteiger partial charge in [0.1, 0.15) is 11.6 Å². The molecule has 0 radical (unpaired) electrons. The quantitative estimate of drug-likeness (QED) is 0.748. The first kappa shape index (κ1) is 12.0. The third-order valence-electron chi connectivity index (χ3n) is 3.66. The van der Waals surface area contributed by atoms with Crippen molar-refractivity contribution in [3.63, 3.8) is 0 Å². The molecule has 0 N–H and O–H groups in total. The van der Waals surface area contributed by atoms with Crippen molar-refractivity contribution in [1.29, 1.82) is 0 Å². The third-order valence-corrected chi connectivity index (χ3v) is 3.66. The van der Waals surface area contributed by atoms with Crippen LogP contribution in [0, 0.1) is 11.3 Å². The van der Waals surface area contributed by atoms with Gasteiger partial charge in [-0.3, -0.25) is 9.59 Å². The minimum absolute atomic E-state index is 0.0729. The molecule has 1 unspecified atom stereocenters. The highest BCUT2D eigenvalue weighted by molar-refractivity contribution is 6.05. The van der Waals surface area contributed by atoms with Crippen molar-refractivity contribution in [1.82, 2.24) is 0 Å². The van der Waals surface area contributed by atoms with Gasteiger partial charge in [0.15, 0.2) is 0 Å². The van der Waals surface area contributed by atoms with Crippen LogP contribution in [0.2, 0.25) is 0 Å². The molecular weight excluding hydrogens is 212 g/mol. The summed E-state index contributed by atoms with van der Waals surface area (Å²) in [5.41, 5.74) is 0.830. The summed E-state index contributed by atoms with van der Waals surface area (Å²) in [5, 5.41) is 0. The van der Waals surface area contributed by atoms with Crippen LogP contribution >= 0.6 is 0 Å². The monoisotopic (exact) mass is 230 g/mol. The SMILES string of the molecule is CC1(C)CCC(=O)C1C(=O)Cc1ccccc1. The summed E-state index contributed by atoms with van der Waals surface area (Å²) in [6.07, 6.45) is 1.76. The molecule has 0 aromatic heterocycles. The van der Waals surface area contributed by atoms with Gasteiger partial charge in [0.25, 0.3) is 0 Å². The van der Waals surface area contributed by atoms with Crippen LogP contribution in [-0.4, -0.2) is 11.6 Å². The average molecular weight is 230 g/mol. The molecule has 0 spiro atoms. The van der Waals surface area contributed by atoms with Crippen molar-refractivity contribution < 1.29 is 9.59 Å². The normalized spacial score (nSPS) is 22.7. The van der Waals surface area contributed by atoms with E-state index in [0.29, 0.717) is 12.8 Å². The number of benzene rings is 1. The fourth-order valence-corrected chi connectivity index (χ4v) is 2.68. The first-order chi connectivity index (χ1) is 8.00. The topological polar surface area (TPSA) is 34.1 Å². The molecule has 0 bridgehead atoms. The van der Waals surface area contributed by atoms with Crippen LogP contribution in [0.25, 0.3) is 0 Å². The van der Waals surface area contributed by atoms with Gasteiger partial charge in [-0.1, -0.05) is 44.2 Å². The maximum absolute atomic E-state index is 12.2. The number of hydrogen-bond donors (Lipinski definition) is 0. The van der Waals surface area contributed by atoms with E-state index in [9.17, 15) is 9.59 Å². The molecule has 1 saturated carbocycles. The number of carbonyl (C=O) groups is 2. The van der Waals surface area contributed by atoms with Gasteiger partial charge in [0.05, 0.1) is 5.92 Å². The van der Waals surface area contributed by atoms with Crippen LogP contribution in [0.1, 0.15) is 32.3 Å². The summed E-state index contributed by atoms with van der Waals surface area (Å²) in [5.74, 6) is -0.206.